The molecular formula is C35H50F2N5O5+. The van der Waals surface area contributed by atoms with E-state index in [1.165, 1.54) is 19.2 Å². The van der Waals surface area contributed by atoms with Gasteiger partial charge in [-0.05, 0) is 82.0 Å². The predicted octanol–water partition coefficient (Wildman–Crippen LogP) is 2.86. The molecule has 0 aromatic heterocycles. The molecule has 12 heteroatoms. The molecule has 10 nitrogen and oxygen atoms in total. The Hall–Kier alpha value is -2.96. The number of nitrogens with one attached hydrogen (secondary N) is 2. The minimum atomic E-state index is -2.39. The summed E-state index contributed by atoms with van der Waals surface area (Å²) in [7, 11) is 5.11. The maximum absolute atomic E-state index is 17.2. The van der Waals surface area contributed by atoms with Crippen LogP contribution in [0.5, 0.6) is 0 Å². The number of halogens is 2. The smallest absolute Gasteiger partial charge is 0.281 e. The molecule has 7 rings (SSSR count). The molecule has 0 spiro atoms. The summed E-state index contributed by atoms with van der Waals surface area (Å²) in [5, 5.41) is 5.50. The van der Waals surface area contributed by atoms with Gasteiger partial charge in [0, 0.05) is 38.7 Å². The zero-order chi connectivity index (χ0) is 34.1. The number of hydrogen-bond donors (Lipinski definition) is 2. The molecule has 3 aliphatic heterocycles. The van der Waals surface area contributed by atoms with Crippen molar-refractivity contribution in [3.8, 4) is 0 Å². The standard InChI is InChI=1S/C35H49F2N5O5/c1-20-17-41(14-13-40(20)4)32(45)30-21(2)24-11-12-26(25(36)15-24)38-31(44)29(28(22-7-8-22)23-9-10-23)39-33(46)35(37)16-27(35)42(30,5)18-34(3,19-43)47-6/h11-12,15,19-23,27-30H,7-10,13-14,16-18H2,1-6H3,(H-,38,39,44,46)/p+1/t20-,21+,27?,29+,30-,34-,35?,42?/m1/s1. The number of alkyl halides is 1. The second-order valence-electron chi connectivity index (χ2n) is 15.5. The third-order valence-corrected chi connectivity index (χ3v) is 12.0. The number of fused-ring (bicyclic) bond motifs is 8. The van der Waals surface area contributed by atoms with Gasteiger partial charge in [-0.25, -0.2) is 8.78 Å². The fraction of sp³-hybridized carbons (Fsp3) is 0.714. The number of amides is 3. The number of hydrogen-bond acceptors (Lipinski definition) is 6. The number of likely N-dealkylation sites (N-methyl/N-ethyl adjacent to an activating group) is 2. The molecule has 4 fully saturated rings. The number of methoxy groups -OCH3 is 1. The number of anilines is 1. The van der Waals surface area contributed by atoms with E-state index in [-0.39, 0.29) is 52.8 Å². The molecule has 1 saturated heterocycles. The summed E-state index contributed by atoms with van der Waals surface area (Å²) in [5.41, 5.74) is -3.34. The first kappa shape index (κ1) is 33.9. The topological polar surface area (TPSA) is 108 Å². The van der Waals surface area contributed by atoms with Crippen molar-refractivity contribution in [3.05, 3.63) is 29.6 Å². The van der Waals surface area contributed by atoms with Crippen LogP contribution in [0.25, 0.3) is 0 Å². The Morgan fingerprint density at radius 2 is 1.85 bits per heavy atom. The van der Waals surface area contributed by atoms with Gasteiger partial charge < -0.3 is 29.7 Å². The van der Waals surface area contributed by atoms with Gasteiger partial charge in [0.25, 0.3) is 11.8 Å². The Morgan fingerprint density at radius 1 is 1.19 bits per heavy atom. The average molecular weight is 659 g/mol. The number of nitrogens with zero attached hydrogens (tertiary/aromatic N) is 3. The van der Waals surface area contributed by atoms with Crippen molar-refractivity contribution in [3.63, 3.8) is 0 Å². The Morgan fingerprint density at radius 3 is 2.40 bits per heavy atom. The number of piperazine rings is 1. The molecular weight excluding hydrogens is 608 g/mol. The zero-order valence-corrected chi connectivity index (χ0v) is 28.4. The van der Waals surface area contributed by atoms with E-state index in [9.17, 15) is 19.2 Å². The fourth-order valence-corrected chi connectivity index (χ4v) is 8.58. The monoisotopic (exact) mass is 658 g/mol. The molecule has 3 heterocycles. The highest BCUT2D eigenvalue weighted by atomic mass is 19.1. The van der Waals surface area contributed by atoms with Gasteiger partial charge >= 0.3 is 0 Å². The molecule has 2 N–H and O–H groups in total. The molecule has 0 radical (unpaired) electrons. The molecule has 3 aliphatic carbocycles. The van der Waals surface area contributed by atoms with Crippen LogP contribution in [-0.2, 0) is 23.9 Å². The molecule has 3 saturated carbocycles. The highest BCUT2D eigenvalue weighted by Crippen LogP contribution is 2.54. The Balaban J connectivity index is 1.48. The van der Waals surface area contributed by atoms with Crippen LogP contribution in [-0.4, -0.2) is 121 Å². The highest BCUT2D eigenvalue weighted by molar-refractivity contribution is 6.00. The number of rotatable bonds is 8. The molecule has 47 heavy (non-hydrogen) atoms. The van der Waals surface area contributed by atoms with Crippen molar-refractivity contribution in [2.45, 2.75) is 94.2 Å². The summed E-state index contributed by atoms with van der Waals surface area (Å²) in [6.45, 7) is 6.88. The van der Waals surface area contributed by atoms with E-state index in [1.54, 1.807) is 31.9 Å². The van der Waals surface area contributed by atoms with Crippen LogP contribution in [0.4, 0.5) is 14.5 Å². The first-order valence-electron chi connectivity index (χ1n) is 17.1. The van der Waals surface area contributed by atoms with Crippen LogP contribution >= 0.6 is 0 Å². The van der Waals surface area contributed by atoms with Crippen molar-refractivity contribution in [2.24, 2.45) is 17.8 Å². The Labute approximate surface area is 276 Å². The lowest BCUT2D eigenvalue weighted by atomic mass is 9.86. The van der Waals surface area contributed by atoms with Gasteiger partial charge in [0.15, 0.2) is 17.9 Å². The number of ether oxygens (including phenoxy) is 1. The second-order valence-corrected chi connectivity index (χ2v) is 15.5. The Bertz CT molecular complexity index is 1430. The largest absolute Gasteiger partial charge is 0.365 e. The maximum atomic E-state index is 17.2. The van der Waals surface area contributed by atoms with Crippen molar-refractivity contribution in [1.82, 2.24) is 15.1 Å². The minimum absolute atomic E-state index is 0.0344. The van der Waals surface area contributed by atoms with Crippen LogP contribution in [0.2, 0.25) is 0 Å². The van der Waals surface area contributed by atoms with E-state index in [0.29, 0.717) is 31.5 Å². The van der Waals surface area contributed by atoms with Gasteiger partial charge in [-0.3, -0.25) is 19.2 Å². The van der Waals surface area contributed by atoms with E-state index >= 15 is 8.78 Å². The first-order chi connectivity index (χ1) is 22.2. The lowest BCUT2D eigenvalue weighted by Gasteiger charge is -2.49. The van der Waals surface area contributed by atoms with Crippen LogP contribution in [0.1, 0.15) is 64.4 Å². The average Bonchev–Trinajstić information content (AvgIpc) is 3.89. The summed E-state index contributed by atoms with van der Waals surface area (Å²) in [5.74, 6) is -2.72. The van der Waals surface area contributed by atoms with Gasteiger partial charge in [-0.2, -0.15) is 0 Å². The van der Waals surface area contributed by atoms with Crippen molar-refractivity contribution >= 4 is 29.7 Å². The molecule has 8 atom stereocenters. The van der Waals surface area contributed by atoms with Gasteiger partial charge in [-0.1, -0.05) is 13.0 Å². The van der Waals surface area contributed by atoms with E-state index in [1.807, 2.05) is 14.0 Å². The summed E-state index contributed by atoms with van der Waals surface area (Å²) in [6, 6.07) is 1.58. The minimum Gasteiger partial charge on any atom is -0.365 e. The molecule has 1 aromatic carbocycles. The summed E-state index contributed by atoms with van der Waals surface area (Å²) in [4.78, 5) is 59.1. The highest BCUT2D eigenvalue weighted by Gasteiger charge is 2.74. The molecule has 3 unspecified atom stereocenters. The van der Waals surface area contributed by atoms with Gasteiger partial charge in [0.1, 0.15) is 24.4 Å². The predicted molar refractivity (Wildman–Crippen MR) is 172 cm³/mol. The Kier molecular flexibility index (Phi) is 8.79. The molecule has 6 aliphatic rings. The maximum Gasteiger partial charge on any atom is 0.281 e. The quantitative estimate of drug-likeness (QED) is 0.329. The summed E-state index contributed by atoms with van der Waals surface area (Å²) in [6.07, 6.45) is 4.17. The van der Waals surface area contributed by atoms with Gasteiger partial charge in [0.2, 0.25) is 11.6 Å². The normalized spacial score (nSPS) is 36.2. The number of benzene rings is 1. The molecule has 3 amide bonds. The fourth-order valence-electron chi connectivity index (χ4n) is 8.58. The van der Waals surface area contributed by atoms with E-state index in [4.69, 9.17) is 4.74 Å². The van der Waals surface area contributed by atoms with E-state index in [0.717, 1.165) is 25.7 Å². The van der Waals surface area contributed by atoms with Crippen LogP contribution in [0, 0.1) is 23.6 Å². The number of carbonyl (C=O) groups excluding carboxylic acids is 4. The van der Waals surface area contributed by atoms with Gasteiger partial charge in [0.05, 0.1) is 19.2 Å². The molecule has 1 aromatic rings. The SMILES string of the molecule is CO[C@@](C)(C=O)C[N+]1(C)C2CC2(F)C(=O)N[C@@H](C(C2CC2)C2CC2)C(=O)Nc2ccc(cc2F)[C@H](C)[C@@H]1C(=O)N1CCN(C)[C@H](C)C1. The molecule has 258 valence electrons. The van der Waals surface area contributed by atoms with Crippen LogP contribution in [0.15, 0.2) is 18.2 Å². The lowest BCUT2D eigenvalue weighted by molar-refractivity contribution is -0.942. The van der Waals surface area contributed by atoms with Crippen molar-refractivity contribution in [1.29, 1.82) is 0 Å². The third kappa shape index (κ3) is 6.21. The van der Waals surface area contributed by atoms with E-state index < -0.39 is 52.9 Å². The van der Waals surface area contributed by atoms with E-state index in [2.05, 4.69) is 15.5 Å². The van der Waals surface area contributed by atoms with Crippen molar-refractivity contribution in [2.75, 3.05) is 52.7 Å². The second kappa shape index (κ2) is 12.2. The third-order valence-electron chi connectivity index (χ3n) is 12.0. The number of quaternary nitrogens is 1. The van der Waals surface area contributed by atoms with Gasteiger partial charge in [-0.15, -0.1) is 0 Å². The zero-order valence-electron chi connectivity index (χ0n) is 28.4. The molecule has 2 bridgehead atoms. The van der Waals surface area contributed by atoms with Crippen LogP contribution < -0.4 is 10.6 Å². The van der Waals surface area contributed by atoms with Crippen molar-refractivity contribution < 1.29 is 37.2 Å². The lowest BCUT2D eigenvalue weighted by Crippen LogP contribution is -2.69. The first-order valence-corrected chi connectivity index (χ1v) is 17.1. The summed E-state index contributed by atoms with van der Waals surface area (Å²) < 4.78 is 38.4. The van der Waals surface area contributed by atoms with Crippen LogP contribution in [0.3, 0.4) is 0 Å². The summed E-state index contributed by atoms with van der Waals surface area (Å²) >= 11 is 0. The number of aldehydes is 1. The number of carbonyl (C=O) groups is 4.